The number of hydrogen-bond acceptors (Lipinski definition) is 4. The van der Waals surface area contributed by atoms with Crippen LogP contribution in [0.5, 0.6) is 0 Å². The third-order valence-electron chi connectivity index (χ3n) is 5.83. The number of halogens is 1. The Labute approximate surface area is 203 Å². The van der Waals surface area contributed by atoms with Gasteiger partial charge in [0, 0.05) is 24.0 Å². The van der Waals surface area contributed by atoms with Gasteiger partial charge in [0.05, 0.1) is 0 Å². The molecule has 1 heterocycles. The Kier molecular flexibility index (Phi) is 9.01. The number of carboxylic acid groups (broad SMARTS) is 2. The van der Waals surface area contributed by atoms with Crippen molar-refractivity contribution in [3.8, 4) is 0 Å². The average Bonchev–Trinajstić information content (AvgIpc) is 2.84. The molecule has 1 fully saturated rings. The number of carboxylic acids is 2. The molecule has 1 aliphatic rings. The monoisotopic (exact) mass is 482 g/mol. The van der Waals surface area contributed by atoms with E-state index in [1.54, 1.807) is 0 Å². The lowest BCUT2D eigenvalue weighted by atomic mass is 9.95. The predicted octanol–water partition coefficient (Wildman–Crippen LogP) is 4.18. The molecule has 3 N–H and O–H groups in total. The Morgan fingerprint density at radius 2 is 1.44 bits per heavy atom. The fourth-order valence-corrected chi connectivity index (χ4v) is 4.20. The Morgan fingerprint density at radius 1 is 0.853 bits per heavy atom. The first kappa shape index (κ1) is 25.2. The first-order valence-corrected chi connectivity index (χ1v) is 11.4. The molecule has 1 saturated heterocycles. The summed E-state index contributed by atoms with van der Waals surface area (Å²) >= 11 is 6.17. The van der Waals surface area contributed by atoms with Crippen molar-refractivity contribution in [1.82, 2.24) is 10.2 Å². The number of nitrogens with one attached hydrogen (secondary N) is 1. The highest BCUT2D eigenvalue weighted by Crippen LogP contribution is 2.24. The molecule has 7 nitrogen and oxygen atoms in total. The molecule has 1 amide bonds. The summed E-state index contributed by atoms with van der Waals surface area (Å²) in [7, 11) is 0. The van der Waals surface area contributed by atoms with Gasteiger partial charge in [0.15, 0.2) is 0 Å². The highest BCUT2D eigenvalue weighted by atomic mass is 35.5. The molecule has 0 aromatic heterocycles. The van der Waals surface area contributed by atoms with Gasteiger partial charge in [0.1, 0.15) is 0 Å². The first-order valence-electron chi connectivity index (χ1n) is 11.0. The number of aliphatic carboxylic acids is 2. The molecule has 0 aliphatic carbocycles. The molecule has 8 heteroatoms. The van der Waals surface area contributed by atoms with Crippen LogP contribution in [0, 0.1) is 5.92 Å². The summed E-state index contributed by atoms with van der Waals surface area (Å²) in [6.07, 6.45) is 1.80. The Bertz CT molecular complexity index is 1140. The maximum absolute atomic E-state index is 12.5. The molecule has 0 spiro atoms. The third-order valence-corrected chi connectivity index (χ3v) is 6.19. The minimum absolute atomic E-state index is 0.0891. The second-order valence-corrected chi connectivity index (χ2v) is 8.52. The number of rotatable bonds is 5. The zero-order valence-corrected chi connectivity index (χ0v) is 19.4. The number of carbonyl (C=O) groups excluding carboxylic acids is 1. The van der Waals surface area contributed by atoms with Crippen molar-refractivity contribution in [3.05, 3.63) is 82.9 Å². The van der Waals surface area contributed by atoms with Crippen molar-refractivity contribution in [2.45, 2.75) is 25.9 Å². The lowest BCUT2D eigenvalue weighted by Gasteiger charge is -2.31. The fraction of sp³-hybridized carbons (Fsp3) is 0.269. The second-order valence-electron chi connectivity index (χ2n) is 8.11. The molecule has 178 valence electrons. The standard InChI is InChI=1S/C24H25ClN2O.C2H2O4/c25-23-11-4-2-7-20(23)16-26-24(28)19-12-14-27(15-13-19)17-21-9-5-8-18-6-1-3-10-22(18)21;3-1(4)2(5)6/h1-11,19H,12-17H2,(H,26,28);(H,3,4)(H,5,6). The SMILES string of the molecule is O=C(NCc1ccccc1Cl)C1CCN(Cc2cccc3ccccc23)CC1.O=C(O)C(=O)O. The van der Waals surface area contributed by atoms with Gasteiger partial charge in [-0.15, -0.1) is 0 Å². The van der Waals surface area contributed by atoms with Gasteiger partial charge in [-0.3, -0.25) is 9.69 Å². The zero-order chi connectivity index (χ0) is 24.5. The summed E-state index contributed by atoms with van der Waals surface area (Å²) in [5.74, 6) is -3.42. The highest BCUT2D eigenvalue weighted by Gasteiger charge is 2.25. The van der Waals surface area contributed by atoms with Gasteiger partial charge in [0.2, 0.25) is 5.91 Å². The normalized spacial score (nSPS) is 14.1. The number of likely N-dealkylation sites (tertiary alicyclic amines) is 1. The lowest BCUT2D eigenvalue weighted by molar-refractivity contribution is -0.159. The van der Waals surface area contributed by atoms with Gasteiger partial charge in [0.25, 0.3) is 0 Å². The molecule has 0 saturated carbocycles. The van der Waals surface area contributed by atoms with E-state index in [-0.39, 0.29) is 11.8 Å². The number of hydrogen-bond donors (Lipinski definition) is 3. The van der Waals surface area contributed by atoms with Crippen LogP contribution in [0.25, 0.3) is 10.8 Å². The van der Waals surface area contributed by atoms with Crippen molar-refractivity contribution in [3.63, 3.8) is 0 Å². The van der Waals surface area contributed by atoms with E-state index in [0.29, 0.717) is 11.6 Å². The summed E-state index contributed by atoms with van der Waals surface area (Å²) < 4.78 is 0. The Morgan fingerprint density at radius 3 is 2.12 bits per heavy atom. The molecule has 1 aliphatic heterocycles. The number of piperidine rings is 1. The summed E-state index contributed by atoms with van der Waals surface area (Å²) in [5.41, 5.74) is 2.32. The maximum atomic E-state index is 12.5. The maximum Gasteiger partial charge on any atom is 0.414 e. The van der Waals surface area contributed by atoms with Crippen molar-refractivity contribution in [1.29, 1.82) is 0 Å². The van der Waals surface area contributed by atoms with Crippen LogP contribution in [-0.4, -0.2) is 46.0 Å². The Balaban J connectivity index is 0.000000481. The van der Waals surface area contributed by atoms with Gasteiger partial charge in [-0.2, -0.15) is 0 Å². The van der Waals surface area contributed by atoms with Gasteiger partial charge in [-0.1, -0.05) is 72.3 Å². The van der Waals surface area contributed by atoms with Crippen LogP contribution in [0.15, 0.2) is 66.7 Å². The van der Waals surface area contributed by atoms with Gasteiger partial charge >= 0.3 is 11.9 Å². The fourth-order valence-electron chi connectivity index (χ4n) is 3.99. The van der Waals surface area contributed by atoms with Crippen LogP contribution in [-0.2, 0) is 27.5 Å². The molecule has 0 radical (unpaired) electrons. The molecule has 3 aromatic rings. The summed E-state index contributed by atoms with van der Waals surface area (Å²) in [5, 5.41) is 21.1. The Hall–Kier alpha value is -3.42. The summed E-state index contributed by atoms with van der Waals surface area (Å²) in [6, 6.07) is 22.7. The minimum Gasteiger partial charge on any atom is -0.473 e. The summed E-state index contributed by atoms with van der Waals surface area (Å²) in [6.45, 7) is 3.34. The van der Waals surface area contributed by atoms with Crippen LogP contribution in [0.3, 0.4) is 0 Å². The molecular weight excluding hydrogens is 456 g/mol. The van der Waals surface area contributed by atoms with Crippen LogP contribution < -0.4 is 5.32 Å². The molecular formula is C26H27ClN2O5. The molecule has 34 heavy (non-hydrogen) atoms. The number of nitrogens with zero attached hydrogens (tertiary/aromatic N) is 1. The summed E-state index contributed by atoms with van der Waals surface area (Å²) in [4.78, 5) is 33.2. The van der Waals surface area contributed by atoms with Gasteiger partial charge < -0.3 is 15.5 Å². The van der Waals surface area contributed by atoms with Crippen molar-refractivity contribution in [2.24, 2.45) is 5.92 Å². The number of amides is 1. The molecule has 4 rings (SSSR count). The molecule has 0 unspecified atom stereocenters. The smallest absolute Gasteiger partial charge is 0.414 e. The van der Waals surface area contributed by atoms with Crippen LogP contribution in [0.4, 0.5) is 0 Å². The van der Waals surface area contributed by atoms with Crippen LogP contribution in [0.1, 0.15) is 24.0 Å². The minimum atomic E-state index is -1.82. The second kappa shape index (κ2) is 12.2. The predicted molar refractivity (Wildman–Crippen MR) is 131 cm³/mol. The topological polar surface area (TPSA) is 107 Å². The quantitative estimate of drug-likeness (QED) is 0.471. The van der Waals surface area contributed by atoms with Gasteiger partial charge in [-0.25, -0.2) is 9.59 Å². The van der Waals surface area contributed by atoms with E-state index in [1.165, 1.54) is 16.3 Å². The van der Waals surface area contributed by atoms with E-state index in [0.717, 1.165) is 38.0 Å². The van der Waals surface area contributed by atoms with Crippen molar-refractivity contribution < 1.29 is 24.6 Å². The third kappa shape index (κ3) is 7.04. The zero-order valence-electron chi connectivity index (χ0n) is 18.6. The average molecular weight is 483 g/mol. The van der Waals surface area contributed by atoms with Crippen molar-refractivity contribution >= 4 is 40.2 Å². The highest BCUT2D eigenvalue weighted by molar-refractivity contribution is 6.31. The molecule has 0 atom stereocenters. The van der Waals surface area contributed by atoms with E-state index in [2.05, 4.69) is 52.7 Å². The number of fused-ring (bicyclic) bond motifs is 1. The van der Waals surface area contributed by atoms with Crippen LogP contribution in [0.2, 0.25) is 5.02 Å². The molecule has 0 bridgehead atoms. The van der Waals surface area contributed by atoms with Crippen molar-refractivity contribution in [2.75, 3.05) is 13.1 Å². The van der Waals surface area contributed by atoms with E-state index < -0.39 is 11.9 Å². The number of benzene rings is 3. The lowest BCUT2D eigenvalue weighted by Crippen LogP contribution is -2.40. The van der Waals surface area contributed by atoms with E-state index in [4.69, 9.17) is 31.4 Å². The van der Waals surface area contributed by atoms with Crippen LogP contribution >= 0.6 is 11.6 Å². The van der Waals surface area contributed by atoms with E-state index >= 15 is 0 Å². The molecule has 3 aromatic carbocycles. The van der Waals surface area contributed by atoms with Gasteiger partial charge in [-0.05, 0) is 53.9 Å². The first-order chi connectivity index (χ1) is 16.3. The van der Waals surface area contributed by atoms with E-state index in [1.807, 2.05) is 24.3 Å². The number of carbonyl (C=O) groups is 3. The largest absolute Gasteiger partial charge is 0.473 e. The van der Waals surface area contributed by atoms with E-state index in [9.17, 15) is 4.79 Å².